The van der Waals surface area contributed by atoms with Crippen molar-refractivity contribution < 1.29 is 19.1 Å². The van der Waals surface area contributed by atoms with E-state index in [2.05, 4.69) is 0 Å². The Hall–Kier alpha value is -1.84. The molecule has 0 N–H and O–H groups in total. The normalized spacial score (nSPS) is 33.9. The van der Waals surface area contributed by atoms with Gasteiger partial charge in [0.2, 0.25) is 0 Å². The van der Waals surface area contributed by atoms with Crippen molar-refractivity contribution in [3.63, 3.8) is 0 Å². The zero-order chi connectivity index (χ0) is 20.8. The second kappa shape index (κ2) is 7.77. The van der Waals surface area contributed by atoms with Crippen LogP contribution in [0.3, 0.4) is 0 Å². The second-order valence-electron chi connectivity index (χ2n) is 10.0. The van der Waals surface area contributed by atoms with E-state index in [1.165, 1.54) is 0 Å². The van der Waals surface area contributed by atoms with E-state index < -0.39 is 5.60 Å². The van der Waals surface area contributed by atoms with Gasteiger partial charge in [-0.3, -0.25) is 9.59 Å². The topological polar surface area (TPSA) is 52.6 Å². The molecule has 0 aliphatic heterocycles. The van der Waals surface area contributed by atoms with Gasteiger partial charge in [-0.2, -0.15) is 0 Å². The molecule has 29 heavy (non-hydrogen) atoms. The summed E-state index contributed by atoms with van der Waals surface area (Å²) in [6.45, 7) is 7.91. The van der Waals surface area contributed by atoms with Crippen LogP contribution >= 0.6 is 0 Å². The molecule has 0 heterocycles. The summed E-state index contributed by atoms with van der Waals surface area (Å²) in [5.41, 5.74) is 0.399. The number of rotatable bonds is 6. The van der Waals surface area contributed by atoms with Gasteiger partial charge in [-0.1, -0.05) is 44.2 Å². The highest BCUT2D eigenvalue weighted by atomic mass is 16.6. The van der Waals surface area contributed by atoms with E-state index in [1.807, 2.05) is 58.0 Å². The summed E-state index contributed by atoms with van der Waals surface area (Å²) in [5.74, 6) is 1.44. The lowest BCUT2D eigenvalue weighted by Crippen LogP contribution is -2.56. The first-order chi connectivity index (χ1) is 13.8. The Morgan fingerprint density at radius 3 is 2.07 bits per heavy atom. The maximum Gasteiger partial charge on any atom is 0.310 e. The SMILES string of the molecule is CCC(C)C(=O)OC1C2CC3CC1CC(C2)C3C(=O)OC(C)(C)c1ccccc1. The van der Waals surface area contributed by atoms with Crippen LogP contribution in [0.2, 0.25) is 0 Å². The Morgan fingerprint density at radius 2 is 1.55 bits per heavy atom. The maximum atomic E-state index is 13.2. The first-order valence-electron chi connectivity index (χ1n) is 11.3. The van der Waals surface area contributed by atoms with E-state index in [1.54, 1.807) is 0 Å². The van der Waals surface area contributed by atoms with E-state index in [0.29, 0.717) is 23.7 Å². The molecule has 0 spiro atoms. The lowest BCUT2D eigenvalue weighted by atomic mass is 9.50. The zero-order valence-electron chi connectivity index (χ0n) is 18.1. The average Bonchev–Trinajstić information content (AvgIpc) is 2.69. The van der Waals surface area contributed by atoms with Crippen LogP contribution in [0.5, 0.6) is 0 Å². The number of hydrogen-bond donors (Lipinski definition) is 0. The number of ether oxygens (including phenoxy) is 2. The molecule has 4 aliphatic rings. The summed E-state index contributed by atoms with van der Waals surface area (Å²) in [6, 6.07) is 9.97. The van der Waals surface area contributed by atoms with Gasteiger partial charge in [0.05, 0.1) is 11.8 Å². The largest absolute Gasteiger partial charge is 0.462 e. The van der Waals surface area contributed by atoms with E-state index in [9.17, 15) is 9.59 Å². The lowest BCUT2D eigenvalue weighted by molar-refractivity contribution is -0.195. The molecule has 4 bridgehead atoms. The molecule has 4 heteroatoms. The van der Waals surface area contributed by atoms with Crippen molar-refractivity contribution >= 4 is 11.9 Å². The highest BCUT2D eigenvalue weighted by molar-refractivity contribution is 5.74. The van der Waals surface area contributed by atoms with Gasteiger partial charge in [-0.25, -0.2) is 0 Å². The van der Waals surface area contributed by atoms with E-state index in [-0.39, 0.29) is 29.9 Å². The van der Waals surface area contributed by atoms with Crippen molar-refractivity contribution in [2.24, 2.45) is 35.5 Å². The third-order valence-corrected chi connectivity index (χ3v) is 7.73. The van der Waals surface area contributed by atoms with Crippen molar-refractivity contribution in [3.8, 4) is 0 Å². The highest BCUT2D eigenvalue weighted by Crippen LogP contribution is 2.58. The van der Waals surface area contributed by atoms with Crippen molar-refractivity contribution in [1.29, 1.82) is 0 Å². The van der Waals surface area contributed by atoms with Gasteiger partial charge in [-0.05, 0) is 75.2 Å². The van der Waals surface area contributed by atoms with Gasteiger partial charge in [-0.15, -0.1) is 0 Å². The predicted octanol–water partition coefficient (Wildman–Crippen LogP) is 5.11. The molecule has 5 rings (SSSR count). The fourth-order valence-corrected chi connectivity index (χ4v) is 6.05. The summed E-state index contributed by atoms with van der Waals surface area (Å²) in [4.78, 5) is 25.5. The fourth-order valence-electron chi connectivity index (χ4n) is 6.05. The molecule has 1 atom stereocenters. The number of esters is 2. The number of hydrogen-bond acceptors (Lipinski definition) is 4. The first-order valence-corrected chi connectivity index (χ1v) is 11.3. The van der Waals surface area contributed by atoms with Crippen LogP contribution < -0.4 is 0 Å². The molecule has 4 aliphatic carbocycles. The quantitative estimate of drug-likeness (QED) is 0.625. The number of carbonyl (C=O) groups excluding carboxylic acids is 2. The molecule has 4 fully saturated rings. The molecular weight excluding hydrogens is 364 g/mol. The Kier molecular flexibility index (Phi) is 5.48. The molecular formula is C25H34O4. The second-order valence-corrected chi connectivity index (χ2v) is 10.0. The molecule has 4 saturated carbocycles. The van der Waals surface area contributed by atoms with Crippen LogP contribution in [0.15, 0.2) is 30.3 Å². The Morgan fingerprint density at radius 1 is 1.00 bits per heavy atom. The van der Waals surface area contributed by atoms with Gasteiger partial charge in [0.1, 0.15) is 11.7 Å². The maximum absolute atomic E-state index is 13.2. The van der Waals surface area contributed by atoms with Gasteiger partial charge in [0.25, 0.3) is 0 Å². The van der Waals surface area contributed by atoms with Crippen LogP contribution in [0.25, 0.3) is 0 Å². The first kappa shape index (κ1) is 20.4. The fraction of sp³-hybridized carbons (Fsp3) is 0.680. The Balaban J connectivity index is 1.42. The van der Waals surface area contributed by atoms with Crippen molar-refractivity contribution in [2.75, 3.05) is 0 Å². The Bertz CT molecular complexity index is 723. The van der Waals surface area contributed by atoms with Crippen LogP contribution in [-0.2, 0) is 24.7 Å². The molecule has 0 aromatic heterocycles. The highest BCUT2D eigenvalue weighted by Gasteiger charge is 2.57. The van der Waals surface area contributed by atoms with Crippen LogP contribution in [0.4, 0.5) is 0 Å². The van der Waals surface area contributed by atoms with E-state index in [4.69, 9.17) is 9.47 Å². The summed E-state index contributed by atoms with van der Waals surface area (Å²) >= 11 is 0. The standard InChI is InChI=1S/C25H34O4/c1-5-15(2)23(26)28-22-18-11-16-12-19(22)14-17(13-18)21(16)24(27)29-25(3,4)20-9-7-6-8-10-20/h6-10,15-19,21-22H,5,11-14H2,1-4H3. The third-order valence-electron chi connectivity index (χ3n) is 7.73. The van der Waals surface area contributed by atoms with E-state index in [0.717, 1.165) is 37.7 Å². The lowest BCUT2D eigenvalue weighted by Gasteiger charge is -2.56. The van der Waals surface area contributed by atoms with Crippen molar-refractivity contribution in [3.05, 3.63) is 35.9 Å². The number of benzene rings is 1. The van der Waals surface area contributed by atoms with Crippen molar-refractivity contribution in [1.82, 2.24) is 0 Å². The monoisotopic (exact) mass is 398 g/mol. The molecule has 1 aromatic carbocycles. The van der Waals surface area contributed by atoms with Gasteiger partial charge in [0, 0.05) is 0 Å². The molecule has 1 aromatic rings. The Labute approximate surface area is 174 Å². The van der Waals surface area contributed by atoms with Crippen LogP contribution in [0.1, 0.15) is 65.4 Å². The summed E-state index contributed by atoms with van der Waals surface area (Å²) < 4.78 is 12.0. The van der Waals surface area contributed by atoms with Crippen LogP contribution in [-0.4, -0.2) is 18.0 Å². The summed E-state index contributed by atoms with van der Waals surface area (Å²) in [7, 11) is 0. The zero-order valence-corrected chi connectivity index (χ0v) is 18.1. The number of carbonyl (C=O) groups is 2. The van der Waals surface area contributed by atoms with Crippen molar-refractivity contribution in [2.45, 2.75) is 71.5 Å². The van der Waals surface area contributed by atoms with Crippen LogP contribution in [0, 0.1) is 35.5 Å². The third kappa shape index (κ3) is 3.83. The smallest absolute Gasteiger partial charge is 0.310 e. The van der Waals surface area contributed by atoms with Gasteiger partial charge >= 0.3 is 11.9 Å². The predicted molar refractivity (Wildman–Crippen MR) is 111 cm³/mol. The molecule has 0 saturated heterocycles. The minimum Gasteiger partial charge on any atom is -0.462 e. The molecule has 0 radical (unpaired) electrons. The minimum atomic E-state index is -0.624. The van der Waals surface area contributed by atoms with E-state index >= 15 is 0 Å². The average molecular weight is 399 g/mol. The summed E-state index contributed by atoms with van der Waals surface area (Å²) in [6.07, 6.45) is 4.81. The van der Waals surface area contributed by atoms with Gasteiger partial charge in [0.15, 0.2) is 0 Å². The molecule has 158 valence electrons. The molecule has 1 unspecified atom stereocenters. The minimum absolute atomic E-state index is 0.00305. The molecule has 0 amide bonds. The van der Waals surface area contributed by atoms with Gasteiger partial charge < -0.3 is 9.47 Å². The summed E-state index contributed by atoms with van der Waals surface area (Å²) in [5, 5.41) is 0. The molecule has 4 nitrogen and oxygen atoms in total.